The SMILES string of the molecule is C/C(=C(\F)CN)c1ccccc1. The summed E-state index contributed by atoms with van der Waals surface area (Å²) in [5.41, 5.74) is 6.69. The van der Waals surface area contributed by atoms with Gasteiger partial charge in [0, 0.05) is 6.54 Å². The maximum atomic E-state index is 13.0. The van der Waals surface area contributed by atoms with Crippen LogP contribution in [-0.4, -0.2) is 6.54 Å². The van der Waals surface area contributed by atoms with Gasteiger partial charge in [-0.25, -0.2) is 4.39 Å². The average molecular weight is 165 g/mol. The number of halogens is 1. The monoisotopic (exact) mass is 165 g/mol. The van der Waals surface area contributed by atoms with Crippen LogP contribution in [0.1, 0.15) is 12.5 Å². The second kappa shape index (κ2) is 4.02. The van der Waals surface area contributed by atoms with Gasteiger partial charge in [0.25, 0.3) is 0 Å². The molecule has 64 valence electrons. The molecule has 0 saturated heterocycles. The van der Waals surface area contributed by atoms with E-state index < -0.39 is 0 Å². The summed E-state index contributed by atoms with van der Waals surface area (Å²) >= 11 is 0. The van der Waals surface area contributed by atoms with Crippen LogP contribution in [0.5, 0.6) is 0 Å². The van der Waals surface area contributed by atoms with E-state index in [1.54, 1.807) is 6.92 Å². The first-order valence-electron chi connectivity index (χ1n) is 3.86. The topological polar surface area (TPSA) is 26.0 Å². The Morgan fingerprint density at radius 1 is 1.33 bits per heavy atom. The van der Waals surface area contributed by atoms with E-state index in [0.29, 0.717) is 5.57 Å². The Kier molecular flexibility index (Phi) is 3.00. The number of allylic oxidation sites excluding steroid dienone is 1. The molecule has 0 heterocycles. The Balaban J connectivity index is 3.00. The lowest BCUT2D eigenvalue weighted by atomic mass is 10.1. The van der Waals surface area contributed by atoms with Crippen molar-refractivity contribution >= 4 is 5.57 Å². The van der Waals surface area contributed by atoms with Gasteiger partial charge in [-0.05, 0) is 18.1 Å². The molecule has 0 aliphatic heterocycles. The van der Waals surface area contributed by atoms with Crippen molar-refractivity contribution in [3.05, 3.63) is 41.7 Å². The lowest BCUT2D eigenvalue weighted by Crippen LogP contribution is -2.00. The minimum absolute atomic E-state index is 0.0271. The number of hydrogen-bond donors (Lipinski definition) is 1. The van der Waals surface area contributed by atoms with Crippen molar-refractivity contribution in [2.24, 2.45) is 5.73 Å². The van der Waals surface area contributed by atoms with Crippen molar-refractivity contribution in [2.45, 2.75) is 6.92 Å². The predicted molar refractivity (Wildman–Crippen MR) is 49.2 cm³/mol. The molecule has 0 amide bonds. The third-order valence-corrected chi connectivity index (χ3v) is 1.79. The summed E-state index contributed by atoms with van der Waals surface area (Å²) in [4.78, 5) is 0. The van der Waals surface area contributed by atoms with Gasteiger partial charge in [0.2, 0.25) is 0 Å². The lowest BCUT2D eigenvalue weighted by molar-refractivity contribution is 0.621. The third kappa shape index (κ3) is 1.92. The molecule has 0 saturated carbocycles. The summed E-state index contributed by atoms with van der Waals surface area (Å²) in [5.74, 6) is -0.249. The molecule has 2 N–H and O–H groups in total. The highest BCUT2D eigenvalue weighted by Crippen LogP contribution is 2.17. The second-order valence-corrected chi connectivity index (χ2v) is 2.60. The molecule has 0 aliphatic carbocycles. The minimum Gasteiger partial charge on any atom is -0.325 e. The standard InChI is InChI=1S/C10H12FN/c1-8(10(11)7-12)9-5-3-2-4-6-9/h2-6H,7,12H2,1H3/b10-8+. The van der Waals surface area contributed by atoms with E-state index in [2.05, 4.69) is 0 Å². The van der Waals surface area contributed by atoms with Crippen LogP contribution < -0.4 is 5.73 Å². The van der Waals surface area contributed by atoms with Crippen LogP contribution in [0.25, 0.3) is 5.57 Å². The molecule has 0 unspecified atom stereocenters. The number of benzene rings is 1. The Morgan fingerprint density at radius 3 is 2.42 bits per heavy atom. The van der Waals surface area contributed by atoms with Crippen molar-refractivity contribution in [3.8, 4) is 0 Å². The van der Waals surface area contributed by atoms with Crippen LogP contribution in [-0.2, 0) is 0 Å². The van der Waals surface area contributed by atoms with E-state index in [0.717, 1.165) is 5.56 Å². The molecular formula is C10H12FN. The molecule has 2 heteroatoms. The second-order valence-electron chi connectivity index (χ2n) is 2.60. The Hall–Kier alpha value is -1.15. The molecule has 0 bridgehead atoms. The Labute approximate surface area is 71.7 Å². The van der Waals surface area contributed by atoms with Gasteiger partial charge < -0.3 is 5.73 Å². The zero-order valence-corrected chi connectivity index (χ0v) is 7.05. The number of nitrogens with two attached hydrogens (primary N) is 1. The highest BCUT2D eigenvalue weighted by Gasteiger charge is 2.00. The van der Waals surface area contributed by atoms with Crippen LogP contribution in [0.3, 0.4) is 0 Å². The van der Waals surface area contributed by atoms with Crippen molar-refractivity contribution in [3.63, 3.8) is 0 Å². The van der Waals surface area contributed by atoms with Crippen LogP contribution in [0.2, 0.25) is 0 Å². The molecular weight excluding hydrogens is 153 g/mol. The predicted octanol–water partition coefficient (Wildman–Crippen LogP) is 2.35. The Bertz CT molecular complexity index is 277. The van der Waals surface area contributed by atoms with Crippen molar-refractivity contribution in [1.29, 1.82) is 0 Å². The fourth-order valence-electron chi connectivity index (χ4n) is 0.998. The first-order valence-corrected chi connectivity index (χ1v) is 3.86. The average Bonchev–Trinajstić information content (AvgIpc) is 2.17. The van der Waals surface area contributed by atoms with Crippen molar-refractivity contribution in [2.75, 3.05) is 6.54 Å². The molecule has 12 heavy (non-hydrogen) atoms. The zero-order chi connectivity index (χ0) is 8.97. The molecule has 0 atom stereocenters. The van der Waals surface area contributed by atoms with Gasteiger partial charge in [0.05, 0.1) is 0 Å². The molecule has 1 rings (SSSR count). The third-order valence-electron chi connectivity index (χ3n) is 1.79. The van der Waals surface area contributed by atoms with E-state index in [1.807, 2.05) is 30.3 Å². The molecule has 1 aromatic carbocycles. The molecule has 1 aromatic rings. The number of hydrogen-bond acceptors (Lipinski definition) is 1. The van der Waals surface area contributed by atoms with E-state index in [9.17, 15) is 4.39 Å². The van der Waals surface area contributed by atoms with Crippen LogP contribution >= 0.6 is 0 Å². The van der Waals surface area contributed by atoms with Crippen LogP contribution in [0, 0.1) is 0 Å². The first kappa shape index (κ1) is 8.94. The molecule has 0 spiro atoms. The zero-order valence-electron chi connectivity index (χ0n) is 7.05. The highest BCUT2D eigenvalue weighted by molar-refractivity contribution is 5.65. The largest absolute Gasteiger partial charge is 0.325 e. The smallest absolute Gasteiger partial charge is 0.117 e. The van der Waals surface area contributed by atoms with Gasteiger partial charge in [-0.3, -0.25) is 0 Å². The summed E-state index contributed by atoms with van der Waals surface area (Å²) in [6.07, 6.45) is 0. The number of rotatable bonds is 2. The van der Waals surface area contributed by atoms with Gasteiger partial charge in [-0.2, -0.15) is 0 Å². The minimum atomic E-state index is -0.249. The normalized spacial score (nSPS) is 12.6. The van der Waals surface area contributed by atoms with Gasteiger partial charge >= 0.3 is 0 Å². The summed E-state index contributed by atoms with van der Waals surface area (Å²) in [7, 11) is 0. The molecule has 0 aliphatic rings. The van der Waals surface area contributed by atoms with Gasteiger partial charge in [-0.15, -0.1) is 0 Å². The lowest BCUT2D eigenvalue weighted by Gasteiger charge is -2.01. The van der Waals surface area contributed by atoms with E-state index in [4.69, 9.17) is 5.73 Å². The van der Waals surface area contributed by atoms with E-state index >= 15 is 0 Å². The van der Waals surface area contributed by atoms with E-state index in [1.165, 1.54) is 0 Å². The Morgan fingerprint density at radius 2 is 1.92 bits per heavy atom. The van der Waals surface area contributed by atoms with Gasteiger partial charge in [0.15, 0.2) is 0 Å². The first-order chi connectivity index (χ1) is 5.75. The van der Waals surface area contributed by atoms with Crippen LogP contribution in [0.15, 0.2) is 36.2 Å². The van der Waals surface area contributed by atoms with Gasteiger partial charge in [-0.1, -0.05) is 30.3 Å². The fourth-order valence-corrected chi connectivity index (χ4v) is 0.998. The van der Waals surface area contributed by atoms with Gasteiger partial charge in [0.1, 0.15) is 5.83 Å². The summed E-state index contributed by atoms with van der Waals surface area (Å²) in [6.45, 7) is 1.71. The summed E-state index contributed by atoms with van der Waals surface area (Å²) in [5, 5.41) is 0. The maximum Gasteiger partial charge on any atom is 0.117 e. The summed E-state index contributed by atoms with van der Waals surface area (Å²) in [6, 6.07) is 9.39. The molecule has 0 radical (unpaired) electrons. The van der Waals surface area contributed by atoms with E-state index in [-0.39, 0.29) is 12.4 Å². The van der Waals surface area contributed by atoms with Crippen molar-refractivity contribution in [1.82, 2.24) is 0 Å². The molecule has 0 fully saturated rings. The maximum absolute atomic E-state index is 13.0. The fraction of sp³-hybridized carbons (Fsp3) is 0.200. The molecule has 1 nitrogen and oxygen atoms in total. The summed E-state index contributed by atoms with van der Waals surface area (Å²) < 4.78 is 13.0. The quantitative estimate of drug-likeness (QED) is 0.715. The van der Waals surface area contributed by atoms with Crippen LogP contribution in [0.4, 0.5) is 4.39 Å². The van der Waals surface area contributed by atoms with Crippen molar-refractivity contribution < 1.29 is 4.39 Å². The molecule has 0 aromatic heterocycles. The highest BCUT2D eigenvalue weighted by atomic mass is 19.1.